The normalized spacial score (nSPS) is 9.12. The molecule has 0 heterocycles. The van der Waals surface area contributed by atoms with Crippen LogP contribution < -0.4 is 5.32 Å². The van der Waals surface area contributed by atoms with Crippen molar-refractivity contribution in [3.05, 3.63) is 71.8 Å². The molecule has 1 heteroatoms. The molecule has 0 saturated carbocycles. The number of nitrogens with one attached hydrogen (secondary N) is 1. The average Bonchev–Trinajstić information content (AvgIpc) is 2.33. The summed E-state index contributed by atoms with van der Waals surface area (Å²) in [4.78, 5) is 0. The maximum absolute atomic E-state index is 2.75. The fraction of sp³-hybridized carbons (Fsp3) is 0.200. The first kappa shape index (κ1) is 12.5. The molecule has 2 rings (SSSR count). The zero-order chi connectivity index (χ0) is 11.6. The lowest BCUT2D eigenvalue weighted by atomic mass is 10.1. The van der Waals surface area contributed by atoms with Gasteiger partial charge in [0.2, 0.25) is 0 Å². The molecule has 1 nitrogen and oxygen atoms in total. The summed E-state index contributed by atoms with van der Waals surface area (Å²) in [5, 5.41) is 2.75. The van der Waals surface area contributed by atoms with Gasteiger partial charge in [-0.25, -0.2) is 0 Å². The van der Waals surface area contributed by atoms with Crippen molar-refractivity contribution in [3.63, 3.8) is 0 Å². The van der Waals surface area contributed by atoms with Crippen LogP contribution in [0.1, 0.15) is 11.1 Å². The number of rotatable bonds is 2. The Hall–Kier alpha value is -1.60. The van der Waals surface area contributed by atoms with E-state index >= 15 is 0 Å². The van der Waals surface area contributed by atoms with Crippen molar-refractivity contribution in [2.45, 2.75) is 6.42 Å². The van der Waals surface area contributed by atoms with E-state index in [1.54, 1.807) is 0 Å². The van der Waals surface area contributed by atoms with Crippen LogP contribution in [0.4, 0.5) is 0 Å². The van der Waals surface area contributed by atoms with E-state index in [0.29, 0.717) is 0 Å². The predicted molar refractivity (Wildman–Crippen MR) is 70.7 cm³/mol. The molecule has 0 aromatic heterocycles. The second-order valence-electron chi connectivity index (χ2n) is 3.65. The highest BCUT2D eigenvalue weighted by molar-refractivity contribution is 5.25. The average molecular weight is 213 g/mol. The zero-order valence-corrected chi connectivity index (χ0v) is 9.98. The smallest absolute Gasteiger partial charge is 0.00258 e. The van der Waals surface area contributed by atoms with E-state index < -0.39 is 0 Å². The largest absolute Gasteiger partial charge is 0.323 e. The molecule has 0 atom stereocenters. The SMILES string of the molecule is CNC.c1ccc(Cc2ccccc2)cc1. The maximum Gasteiger partial charge on any atom is -0.00258 e. The van der Waals surface area contributed by atoms with Gasteiger partial charge in [0.15, 0.2) is 0 Å². The van der Waals surface area contributed by atoms with Gasteiger partial charge in [-0.15, -0.1) is 0 Å². The van der Waals surface area contributed by atoms with Crippen molar-refractivity contribution < 1.29 is 0 Å². The van der Waals surface area contributed by atoms with E-state index in [0.717, 1.165) is 6.42 Å². The topological polar surface area (TPSA) is 12.0 Å². The Labute approximate surface area is 98.1 Å². The third-order valence-corrected chi connectivity index (χ3v) is 2.09. The molecule has 0 aliphatic carbocycles. The molecule has 0 amide bonds. The summed E-state index contributed by atoms with van der Waals surface area (Å²) >= 11 is 0. The van der Waals surface area contributed by atoms with Crippen LogP contribution in [0.5, 0.6) is 0 Å². The van der Waals surface area contributed by atoms with E-state index in [1.165, 1.54) is 11.1 Å². The Morgan fingerprint density at radius 1 is 0.688 bits per heavy atom. The van der Waals surface area contributed by atoms with Crippen molar-refractivity contribution in [3.8, 4) is 0 Å². The van der Waals surface area contributed by atoms with Crippen LogP contribution >= 0.6 is 0 Å². The molecule has 0 aliphatic heterocycles. The standard InChI is InChI=1S/C13H12.C2H7N/c1-3-7-12(8-4-1)11-13-9-5-2-6-10-13;1-3-2/h1-10H,11H2;3H,1-2H3. The van der Waals surface area contributed by atoms with Crippen LogP contribution in [0.25, 0.3) is 0 Å². The van der Waals surface area contributed by atoms with Crippen LogP contribution in [0.15, 0.2) is 60.7 Å². The molecule has 0 bridgehead atoms. The summed E-state index contributed by atoms with van der Waals surface area (Å²) in [5.41, 5.74) is 2.74. The molecule has 0 aliphatic rings. The van der Waals surface area contributed by atoms with Crippen LogP contribution in [-0.4, -0.2) is 14.1 Å². The zero-order valence-electron chi connectivity index (χ0n) is 9.98. The summed E-state index contributed by atoms with van der Waals surface area (Å²) < 4.78 is 0. The highest BCUT2D eigenvalue weighted by atomic mass is 14.7. The molecule has 0 fully saturated rings. The molecule has 0 saturated heterocycles. The fourth-order valence-electron chi connectivity index (χ4n) is 1.43. The minimum Gasteiger partial charge on any atom is -0.323 e. The summed E-state index contributed by atoms with van der Waals surface area (Å²) in [6.07, 6.45) is 1.03. The van der Waals surface area contributed by atoms with Crippen molar-refractivity contribution in [2.75, 3.05) is 14.1 Å². The third kappa shape index (κ3) is 4.76. The maximum atomic E-state index is 2.75. The lowest BCUT2D eigenvalue weighted by Gasteiger charge is -2.00. The second kappa shape index (κ2) is 7.66. The van der Waals surface area contributed by atoms with E-state index in [4.69, 9.17) is 0 Å². The second-order valence-corrected chi connectivity index (χ2v) is 3.65. The first-order valence-electron chi connectivity index (χ1n) is 5.53. The van der Waals surface area contributed by atoms with Crippen molar-refractivity contribution in [1.29, 1.82) is 0 Å². The number of hydrogen-bond acceptors (Lipinski definition) is 1. The number of benzene rings is 2. The fourth-order valence-corrected chi connectivity index (χ4v) is 1.43. The quantitative estimate of drug-likeness (QED) is 0.808. The van der Waals surface area contributed by atoms with Gasteiger partial charge in [-0.05, 0) is 31.6 Å². The molecule has 84 valence electrons. The van der Waals surface area contributed by atoms with Crippen LogP contribution in [0.2, 0.25) is 0 Å². The molecule has 0 spiro atoms. The van der Waals surface area contributed by atoms with Gasteiger partial charge in [-0.3, -0.25) is 0 Å². The Kier molecular flexibility index (Phi) is 5.97. The lowest BCUT2D eigenvalue weighted by Crippen LogP contribution is -1.89. The van der Waals surface area contributed by atoms with E-state index in [-0.39, 0.29) is 0 Å². The minimum absolute atomic E-state index is 1.03. The van der Waals surface area contributed by atoms with E-state index in [2.05, 4.69) is 66.0 Å². The summed E-state index contributed by atoms with van der Waals surface area (Å²) in [6, 6.07) is 21.1. The summed E-state index contributed by atoms with van der Waals surface area (Å²) in [6.45, 7) is 0. The molecule has 16 heavy (non-hydrogen) atoms. The minimum atomic E-state index is 1.03. The van der Waals surface area contributed by atoms with Gasteiger partial charge in [0.1, 0.15) is 0 Å². The van der Waals surface area contributed by atoms with Crippen molar-refractivity contribution in [1.82, 2.24) is 5.32 Å². The molecule has 0 radical (unpaired) electrons. The van der Waals surface area contributed by atoms with Gasteiger partial charge in [0.05, 0.1) is 0 Å². The Balaban J connectivity index is 0.000000386. The Morgan fingerprint density at radius 3 is 1.31 bits per heavy atom. The molecule has 0 unspecified atom stereocenters. The molecule has 1 N–H and O–H groups in total. The van der Waals surface area contributed by atoms with E-state index in [9.17, 15) is 0 Å². The monoisotopic (exact) mass is 213 g/mol. The van der Waals surface area contributed by atoms with E-state index in [1.807, 2.05) is 14.1 Å². The molecule has 2 aromatic carbocycles. The van der Waals surface area contributed by atoms with Gasteiger partial charge < -0.3 is 5.32 Å². The van der Waals surface area contributed by atoms with Gasteiger partial charge in [0.25, 0.3) is 0 Å². The highest BCUT2D eigenvalue weighted by Crippen LogP contribution is 2.07. The van der Waals surface area contributed by atoms with Crippen LogP contribution in [0, 0.1) is 0 Å². The van der Waals surface area contributed by atoms with Crippen molar-refractivity contribution >= 4 is 0 Å². The summed E-state index contributed by atoms with van der Waals surface area (Å²) in [7, 11) is 3.75. The first-order chi connectivity index (χ1) is 7.86. The first-order valence-corrected chi connectivity index (χ1v) is 5.53. The van der Waals surface area contributed by atoms with Crippen molar-refractivity contribution in [2.24, 2.45) is 0 Å². The van der Waals surface area contributed by atoms with Gasteiger partial charge >= 0.3 is 0 Å². The predicted octanol–water partition coefficient (Wildman–Crippen LogP) is 3.11. The van der Waals surface area contributed by atoms with Crippen LogP contribution in [-0.2, 0) is 6.42 Å². The molecule has 2 aromatic rings. The van der Waals surface area contributed by atoms with Gasteiger partial charge in [-0.1, -0.05) is 60.7 Å². The van der Waals surface area contributed by atoms with Gasteiger partial charge in [-0.2, -0.15) is 0 Å². The third-order valence-electron chi connectivity index (χ3n) is 2.09. The number of hydrogen-bond donors (Lipinski definition) is 1. The Morgan fingerprint density at radius 2 is 1.00 bits per heavy atom. The Bertz CT molecular complexity index is 330. The van der Waals surface area contributed by atoms with Gasteiger partial charge in [0, 0.05) is 0 Å². The highest BCUT2D eigenvalue weighted by Gasteiger charge is 1.92. The lowest BCUT2D eigenvalue weighted by molar-refractivity contribution is 1.02. The summed E-state index contributed by atoms with van der Waals surface area (Å²) in [5.74, 6) is 0. The molecular weight excluding hydrogens is 194 g/mol. The van der Waals surface area contributed by atoms with Crippen LogP contribution in [0.3, 0.4) is 0 Å². The molecular formula is C15H19N.